The van der Waals surface area contributed by atoms with Crippen LogP contribution in [0.25, 0.3) is 0 Å². The van der Waals surface area contributed by atoms with Gasteiger partial charge in [-0.15, -0.1) is 0 Å². The summed E-state index contributed by atoms with van der Waals surface area (Å²) >= 11 is 0. The highest BCUT2D eigenvalue weighted by atomic mass is 15.3. The lowest BCUT2D eigenvalue weighted by atomic mass is 9.79. The minimum Gasteiger partial charge on any atom is -0.326 e. The maximum Gasteiger partial charge on any atom is 0.0253 e. The summed E-state index contributed by atoms with van der Waals surface area (Å²) in [5, 5.41) is 0. The second-order valence-electron chi connectivity index (χ2n) is 7.51. The van der Waals surface area contributed by atoms with Crippen LogP contribution in [0.15, 0.2) is 0 Å². The third-order valence-corrected chi connectivity index (χ3v) is 6.22. The van der Waals surface area contributed by atoms with Crippen molar-refractivity contribution in [2.24, 2.45) is 11.7 Å². The molecule has 116 valence electrons. The average Bonchev–Trinajstić information content (AvgIpc) is 2.47. The summed E-state index contributed by atoms with van der Waals surface area (Å²) in [4.78, 5) is 5.54. The molecule has 0 spiro atoms. The van der Waals surface area contributed by atoms with Gasteiger partial charge < -0.3 is 5.73 Å². The van der Waals surface area contributed by atoms with Gasteiger partial charge in [-0.1, -0.05) is 19.8 Å². The second kappa shape index (κ2) is 6.33. The van der Waals surface area contributed by atoms with E-state index in [4.69, 9.17) is 5.73 Å². The van der Waals surface area contributed by atoms with E-state index in [9.17, 15) is 0 Å². The van der Waals surface area contributed by atoms with Gasteiger partial charge >= 0.3 is 0 Å². The van der Waals surface area contributed by atoms with E-state index in [-0.39, 0.29) is 0 Å². The molecule has 0 aromatic heterocycles. The summed E-state index contributed by atoms with van der Waals surface area (Å²) in [7, 11) is 0. The van der Waals surface area contributed by atoms with Crippen LogP contribution in [0.3, 0.4) is 0 Å². The molecular weight excluding hydrogens is 246 g/mol. The first-order chi connectivity index (χ1) is 9.69. The fourth-order valence-corrected chi connectivity index (χ4v) is 4.84. The minimum absolute atomic E-state index is 0.412. The molecule has 0 aromatic carbocycles. The highest BCUT2D eigenvalue weighted by Crippen LogP contribution is 2.33. The van der Waals surface area contributed by atoms with Crippen molar-refractivity contribution in [3.05, 3.63) is 0 Å². The van der Waals surface area contributed by atoms with Crippen molar-refractivity contribution in [3.8, 4) is 0 Å². The Morgan fingerprint density at radius 1 is 1.10 bits per heavy atom. The van der Waals surface area contributed by atoms with Crippen molar-refractivity contribution < 1.29 is 0 Å². The molecule has 3 aliphatic rings. The molecule has 0 radical (unpaired) electrons. The Labute approximate surface area is 124 Å². The maximum absolute atomic E-state index is 6.50. The summed E-state index contributed by atoms with van der Waals surface area (Å²) in [6, 6.07) is 2.56. The van der Waals surface area contributed by atoms with Gasteiger partial charge in [0, 0.05) is 37.3 Å². The van der Waals surface area contributed by atoms with Gasteiger partial charge in [-0.25, -0.2) is 0 Å². The molecule has 3 nitrogen and oxygen atoms in total. The van der Waals surface area contributed by atoms with E-state index >= 15 is 0 Å². The molecule has 2 N–H and O–H groups in total. The van der Waals surface area contributed by atoms with Gasteiger partial charge in [0.25, 0.3) is 0 Å². The van der Waals surface area contributed by atoms with Gasteiger partial charge in [0.05, 0.1) is 0 Å². The van der Waals surface area contributed by atoms with Gasteiger partial charge in [-0.05, 0) is 51.5 Å². The Morgan fingerprint density at radius 2 is 1.95 bits per heavy atom. The highest BCUT2D eigenvalue weighted by Gasteiger charge is 2.39. The molecule has 0 amide bonds. The zero-order chi connectivity index (χ0) is 14.1. The minimum atomic E-state index is 0.412. The largest absolute Gasteiger partial charge is 0.326 e. The lowest BCUT2D eigenvalue weighted by molar-refractivity contribution is -0.0266. The summed E-state index contributed by atoms with van der Waals surface area (Å²) in [5.74, 6) is 0.913. The number of hydrogen-bond acceptors (Lipinski definition) is 3. The topological polar surface area (TPSA) is 32.5 Å². The molecule has 2 heterocycles. The number of nitrogens with two attached hydrogens (primary N) is 1. The molecule has 0 bridgehead atoms. The van der Waals surface area contributed by atoms with Crippen molar-refractivity contribution in [3.63, 3.8) is 0 Å². The van der Waals surface area contributed by atoms with Crippen molar-refractivity contribution in [1.29, 1.82) is 0 Å². The van der Waals surface area contributed by atoms with Crippen molar-refractivity contribution >= 4 is 0 Å². The normalized spacial score (nSPS) is 44.2. The molecule has 0 aromatic rings. The number of piperidine rings is 1. The Kier molecular flexibility index (Phi) is 4.68. The van der Waals surface area contributed by atoms with E-state index in [0.29, 0.717) is 18.1 Å². The Hall–Kier alpha value is -0.120. The van der Waals surface area contributed by atoms with Crippen molar-refractivity contribution in [2.45, 2.75) is 83.0 Å². The third kappa shape index (κ3) is 2.90. The zero-order valence-corrected chi connectivity index (χ0v) is 13.4. The molecule has 3 heteroatoms. The highest BCUT2D eigenvalue weighted by molar-refractivity contribution is 4.97. The van der Waals surface area contributed by atoms with Crippen LogP contribution in [0.4, 0.5) is 0 Å². The fourth-order valence-electron chi connectivity index (χ4n) is 4.84. The standard InChI is InChI=1S/C17H33N3/c1-3-14-7-8-16(18)17(10-14)20-12-15-6-4-5-9-19(15)11-13(20)2/h13-17H,3-12,18H2,1-2H3. The molecule has 3 fully saturated rings. The number of rotatable bonds is 2. The van der Waals surface area contributed by atoms with Crippen LogP contribution < -0.4 is 5.73 Å². The van der Waals surface area contributed by atoms with E-state index in [1.807, 2.05) is 0 Å². The van der Waals surface area contributed by atoms with E-state index in [2.05, 4.69) is 23.6 Å². The third-order valence-electron chi connectivity index (χ3n) is 6.22. The zero-order valence-electron chi connectivity index (χ0n) is 13.4. The van der Waals surface area contributed by atoms with Crippen LogP contribution in [0.2, 0.25) is 0 Å². The number of hydrogen-bond donors (Lipinski definition) is 1. The molecule has 1 saturated carbocycles. The predicted octanol–water partition coefficient (Wildman–Crippen LogP) is 2.45. The summed E-state index contributed by atoms with van der Waals surface area (Å²) in [6.45, 7) is 8.64. The first-order valence-electron chi connectivity index (χ1n) is 8.94. The van der Waals surface area contributed by atoms with Crippen LogP contribution in [0.5, 0.6) is 0 Å². The van der Waals surface area contributed by atoms with Crippen molar-refractivity contribution in [2.75, 3.05) is 19.6 Å². The van der Waals surface area contributed by atoms with Crippen LogP contribution in [-0.4, -0.2) is 53.6 Å². The van der Waals surface area contributed by atoms with Crippen LogP contribution in [0, 0.1) is 5.92 Å². The van der Waals surface area contributed by atoms with E-state index in [1.54, 1.807) is 0 Å². The maximum atomic E-state index is 6.50. The van der Waals surface area contributed by atoms with E-state index in [0.717, 1.165) is 12.0 Å². The summed E-state index contributed by atoms with van der Waals surface area (Å²) < 4.78 is 0. The average molecular weight is 279 g/mol. The molecular formula is C17H33N3. The first-order valence-corrected chi connectivity index (χ1v) is 8.94. The molecule has 5 atom stereocenters. The second-order valence-corrected chi connectivity index (χ2v) is 7.51. The van der Waals surface area contributed by atoms with Gasteiger partial charge in [0.2, 0.25) is 0 Å². The van der Waals surface area contributed by atoms with E-state index < -0.39 is 0 Å². The van der Waals surface area contributed by atoms with Gasteiger partial charge in [0.15, 0.2) is 0 Å². The van der Waals surface area contributed by atoms with Crippen LogP contribution in [-0.2, 0) is 0 Å². The van der Waals surface area contributed by atoms with Gasteiger partial charge in [-0.2, -0.15) is 0 Å². The van der Waals surface area contributed by atoms with Gasteiger partial charge in [-0.3, -0.25) is 9.80 Å². The lowest BCUT2D eigenvalue weighted by Crippen LogP contribution is -2.64. The number of fused-ring (bicyclic) bond motifs is 1. The molecule has 1 aliphatic carbocycles. The predicted molar refractivity (Wildman–Crippen MR) is 84.8 cm³/mol. The quantitative estimate of drug-likeness (QED) is 0.843. The lowest BCUT2D eigenvalue weighted by Gasteiger charge is -2.52. The van der Waals surface area contributed by atoms with Crippen LogP contribution >= 0.6 is 0 Å². The number of nitrogens with zero attached hydrogens (tertiary/aromatic N) is 2. The summed E-state index contributed by atoms with van der Waals surface area (Å²) in [6.07, 6.45) is 9.51. The Bertz CT molecular complexity index is 319. The molecule has 2 aliphatic heterocycles. The van der Waals surface area contributed by atoms with Gasteiger partial charge in [0.1, 0.15) is 0 Å². The summed E-state index contributed by atoms with van der Waals surface area (Å²) in [5.41, 5.74) is 6.50. The molecule has 3 rings (SSSR count). The van der Waals surface area contributed by atoms with Crippen LogP contribution in [0.1, 0.15) is 58.8 Å². The SMILES string of the molecule is CCC1CCC(N)C(N2CC3CCCCN3CC2C)C1. The molecule has 2 saturated heterocycles. The number of piperazine rings is 1. The Morgan fingerprint density at radius 3 is 2.75 bits per heavy atom. The van der Waals surface area contributed by atoms with E-state index in [1.165, 1.54) is 64.6 Å². The fraction of sp³-hybridized carbons (Fsp3) is 1.00. The first kappa shape index (κ1) is 14.8. The van der Waals surface area contributed by atoms with Crippen molar-refractivity contribution in [1.82, 2.24) is 9.80 Å². The smallest absolute Gasteiger partial charge is 0.0253 e. The Balaban J connectivity index is 1.68. The molecule has 5 unspecified atom stereocenters. The molecule has 20 heavy (non-hydrogen) atoms. The monoisotopic (exact) mass is 279 g/mol.